The van der Waals surface area contributed by atoms with Crippen LogP contribution >= 0.6 is 24.0 Å². The number of pyridine rings is 1. The molecule has 0 saturated heterocycles. The summed E-state index contributed by atoms with van der Waals surface area (Å²) >= 11 is 0. The van der Waals surface area contributed by atoms with Crippen molar-refractivity contribution in [3.8, 4) is 17.4 Å². The zero-order chi connectivity index (χ0) is 20.5. The Labute approximate surface area is 195 Å². The number of hydrogen-bond donors (Lipinski definition) is 2. The molecule has 1 aliphatic carbocycles. The normalized spacial score (nSPS) is 14.1. The number of nitrogens with zero attached hydrogens (tertiary/aromatic N) is 2. The molecule has 0 aliphatic heterocycles. The second-order valence-electron chi connectivity index (χ2n) is 7.09. The van der Waals surface area contributed by atoms with Crippen molar-refractivity contribution >= 4 is 29.9 Å². The molecule has 1 aliphatic rings. The number of nitrogens with two attached hydrogens (primary N) is 1. The summed E-state index contributed by atoms with van der Waals surface area (Å²) in [6, 6.07) is 9.76. The van der Waals surface area contributed by atoms with E-state index in [-0.39, 0.29) is 24.0 Å². The van der Waals surface area contributed by atoms with Crippen molar-refractivity contribution in [3.63, 3.8) is 0 Å². The minimum Gasteiger partial charge on any atom is -0.493 e. The van der Waals surface area contributed by atoms with Crippen molar-refractivity contribution in [2.75, 3.05) is 20.8 Å². The van der Waals surface area contributed by atoms with Crippen molar-refractivity contribution in [2.24, 2.45) is 10.7 Å². The standard InChI is InChI=1S/C22H30N4O3.HI/c1-27-19-8-7-16(13-20(19)28-2)9-12-25-22(23)26-15-17-10-11-24-21(14-17)29-18-5-3-4-6-18;/h7-8,10-11,13-14,18H,3-6,9,12,15H2,1-2H3,(H3,23,25,26);1H. The number of methoxy groups -OCH3 is 2. The number of aliphatic imine (C=N–C) groups is 1. The first kappa shape index (κ1) is 24.0. The molecule has 30 heavy (non-hydrogen) atoms. The second kappa shape index (κ2) is 12.5. The molecule has 1 saturated carbocycles. The van der Waals surface area contributed by atoms with Gasteiger partial charge in [0, 0.05) is 18.8 Å². The van der Waals surface area contributed by atoms with Crippen LogP contribution < -0.4 is 25.3 Å². The highest BCUT2D eigenvalue weighted by atomic mass is 127. The maximum atomic E-state index is 6.00. The first-order chi connectivity index (χ1) is 14.2. The molecule has 1 fully saturated rings. The van der Waals surface area contributed by atoms with Gasteiger partial charge < -0.3 is 25.3 Å². The van der Waals surface area contributed by atoms with Crippen LogP contribution in [0.1, 0.15) is 36.8 Å². The van der Waals surface area contributed by atoms with E-state index in [0.717, 1.165) is 41.9 Å². The maximum absolute atomic E-state index is 6.00. The van der Waals surface area contributed by atoms with Crippen LogP contribution in [0.15, 0.2) is 41.5 Å². The summed E-state index contributed by atoms with van der Waals surface area (Å²) in [7, 11) is 3.26. The summed E-state index contributed by atoms with van der Waals surface area (Å²) in [5, 5.41) is 3.15. The smallest absolute Gasteiger partial charge is 0.213 e. The minimum absolute atomic E-state index is 0. The average Bonchev–Trinajstić information content (AvgIpc) is 3.25. The van der Waals surface area contributed by atoms with Crippen molar-refractivity contribution in [3.05, 3.63) is 47.7 Å². The zero-order valence-corrected chi connectivity index (χ0v) is 19.9. The Bertz CT molecular complexity index is 826. The Hall–Kier alpha value is -2.23. The third kappa shape index (κ3) is 7.23. The Kier molecular flexibility index (Phi) is 9.99. The van der Waals surface area contributed by atoms with Gasteiger partial charge in [-0.15, -0.1) is 24.0 Å². The van der Waals surface area contributed by atoms with E-state index in [0.29, 0.717) is 31.0 Å². The SMILES string of the molecule is COc1ccc(CCNC(N)=NCc2ccnc(OC3CCCC3)c2)cc1OC.I. The number of hydrogen-bond acceptors (Lipinski definition) is 5. The third-order valence-electron chi connectivity index (χ3n) is 4.99. The molecular formula is C22H31IN4O3. The van der Waals surface area contributed by atoms with Crippen LogP contribution in [0.2, 0.25) is 0 Å². The molecule has 3 rings (SSSR count). The van der Waals surface area contributed by atoms with E-state index < -0.39 is 0 Å². The van der Waals surface area contributed by atoms with E-state index in [9.17, 15) is 0 Å². The molecule has 0 amide bonds. The first-order valence-corrected chi connectivity index (χ1v) is 10.0. The summed E-state index contributed by atoms with van der Waals surface area (Å²) < 4.78 is 16.5. The van der Waals surface area contributed by atoms with Crippen molar-refractivity contribution in [1.82, 2.24) is 10.3 Å². The van der Waals surface area contributed by atoms with Crippen LogP contribution in [-0.4, -0.2) is 37.8 Å². The molecule has 1 aromatic heterocycles. The summed E-state index contributed by atoms with van der Waals surface area (Å²) in [5.41, 5.74) is 8.16. The lowest BCUT2D eigenvalue weighted by Crippen LogP contribution is -2.33. The molecule has 8 heteroatoms. The van der Waals surface area contributed by atoms with Crippen LogP contribution in [0.4, 0.5) is 0 Å². The summed E-state index contributed by atoms with van der Waals surface area (Å²) in [6.07, 6.45) is 7.55. The van der Waals surface area contributed by atoms with Gasteiger partial charge in [-0.25, -0.2) is 9.98 Å². The third-order valence-corrected chi connectivity index (χ3v) is 4.99. The van der Waals surface area contributed by atoms with Crippen molar-refractivity contribution in [2.45, 2.75) is 44.8 Å². The molecule has 0 bridgehead atoms. The van der Waals surface area contributed by atoms with Gasteiger partial charge in [-0.2, -0.15) is 0 Å². The van der Waals surface area contributed by atoms with Gasteiger partial charge >= 0.3 is 0 Å². The lowest BCUT2D eigenvalue weighted by atomic mass is 10.1. The number of halogens is 1. The van der Waals surface area contributed by atoms with Crippen LogP contribution in [0.5, 0.6) is 17.4 Å². The van der Waals surface area contributed by atoms with Crippen LogP contribution in [0.25, 0.3) is 0 Å². The molecule has 7 nitrogen and oxygen atoms in total. The van der Waals surface area contributed by atoms with Gasteiger partial charge in [-0.3, -0.25) is 0 Å². The Balaban J connectivity index is 0.00000320. The molecule has 0 spiro atoms. The van der Waals surface area contributed by atoms with Crippen molar-refractivity contribution in [1.29, 1.82) is 0 Å². The Morgan fingerprint density at radius 3 is 2.60 bits per heavy atom. The average molecular weight is 526 g/mol. The maximum Gasteiger partial charge on any atom is 0.213 e. The predicted octanol–water partition coefficient (Wildman–Crippen LogP) is 3.69. The van der Waals surface area contributed by atoms with E-state index in [1.54, 1.807) is 20.4 Å². The number of rotatable bonds is 9. The fourth-order valence-electron chi connectivity index (χ4n) is 3.39. The van der Waals surface area contributed by atoms with Gasteiger partial charge in [-0.1, -0.05) is 6.07 Å². The molecule has 2 aromatic rings. The van der Waals surface area contributed by atoms with Gasteiger partial charge in [0.25, 0.3) is 0 Å². The topological polar surface area (TPSA) is 91.0 Å². The molecule has 1 aromatic carbocycles. The predicted molar refractivity (Wildman–Crippen MR) is 129 cm³/mol. The van der Waals surface area contributed by atoms with E-state index in [4.69, 9.17) is 19.9 Å². The van der Waals surface area contributed by atoms with Gasteiger partial charge in [0.05, 0.1) is 20.8 Å². The highest BCUT2D eigenvalue weighted by molar-refractivity contribution is 14.0. The van der Waals surface area contributed by atoms with Crippen LogP contribution in [0.3, 0.4) is 0 Å². The highest BCUT2D eigenvalue weighted by Crippen LogP contribution is 2.27. The molecule has 3 N–H and O–H groups in total. The molecule has 164 valence electrons. The number of ether oxygens (including phenoxy) is 3. The number of benzene rings is 1. The number of aromatic nitrogens is 1. The Morgan fingerprint density at radius 1 is 1.10 bits per heavy atom. The summed E-state index contributed by atoms with van der Waals surface area (Å²) in [5.74, 6) is 2.53. The monoisotopic (exact) mass is 526 g/mol. The fraction of sp³-hybridized carbons (Fsp3) is 0.455. The lowest BCUT2D eigenvalue weighted by molar-refractivity contribution is 0.201. The van der Waals surface area contributed by atoms with E-state index in [2.05, 4.69) is 15.3 Å². The van der Waals surface area contributed by atoms with E-state index in [1.807, 2.05) is 30.3 Å². The van der Waals surface area contributed by atoms with E-state index >= 15 is 0 Å². The number of guanidine groups is 1. The van der Waals surface area contributed by atoms with Crippen LogP contribution in [-0.2, 0) is 13.0 Å². The van der Waals surface area contributed by atoms with Crippen molar-refractivity contribution < 1.29 is 14.2 Å². The first-order valence-electron chi connectivity index (χ1n) is 10.0. The lowest BCUT2D eigenvalue weighted by Gasteiger charge is -2.12. The molecular weight excluding hydrogens is 495 g/mol. The fourth-order valence-corrected chi connectivity index (χ4v) is 3.39. The molecule has 1 heterocycles. The van der Waals surface area contributed by atoms with Gasteiger partial charge in [0.1, 0.15) is 6.10 Å². The minimum atomic E-state index is 0. The van der Waals surface area contributed by atoms with Gasteiger partial charge in [0.15, 0.2) is 17.5 Å². The Morgan fingerprint density at radius 2 is 1.87 bits per heavy atom. The van der Waals surface area contributed by atoms with E-state index in [1.165, 1.54) is 12.8 Å². The summed E-state index contributed by atoms with van der Waals surface area (Å²) in [4.78, 5) is 8.72. The largest absolute Gasteiger partial charge is 0.493 e. The van der Waals surface area contributed by atoms with Gasteiger partial charge in [-0.05, 0) is 61.4 Å². The molecule has 0 unspecified atom stereocenters. The zero-order valence-electron chi connectivity index (χ0n) is 17.6. The molecule has 0 atom stereocenters. The second-order valence-corrected chi connectivity index (χ2v) is 7.09. The quantitative estimate of drug-likeness (QED) is 0.294. The van der Waals surface area contributed by atoms with Gasteiger partial charge in [0.2, 0.25) is 5.88 Å². The number of nitrogens with one attached hydrogen (secondary N) is 1. The summed E-state index contributed by atoms with van der Waals surface area (Å²) in [6.45, 7) is 1.16. The highest BCUT2D eigenvalue weighted by Gasteiger charge is 2.17. The van der Waals surface area contributed by atoms with Crippen LogP contribution in [0, 0.1) is 0 Å². The molecule has 0 radical (unpaired) electrons.